The van der Waals surface area contributed by atoms with Crippen molar-refractivity contribution in [2.45, 2.75) is 18.8 Å². The number of sulfonamides is 1. The van der Waals surface area contributed by atoms with E-state index < -0.39 is 27.6 Å². The molecule has 1 aliphatic heterocycles. The van der Waals surface area contributed by atoms with Crippen LogP contribution in [0.1, 0.15) is 45.3 Å². The van der Waals surface area contributed by atoms with Crippen LogP contribution in [0.2, 0.25) is 0 Å². The van der Waals surface area contributed by atoms with Gasteiger partial charge in [0.15, 0.2) is 5.82 Å². The van der Waals surface area contributed by atoms with E-state index in [2.05, 4.69) is 15.3 Å². The van der Waals surface area contributed by atoms with Crippen LogP contribution in [0, 0.1) is 11.6 Å². The lowest BCUT2D eigenvalue weighted by Gasteiger charge is -2.34. The van der Waals surface area contributed by atoms with Crippen LogP contribution >= 0.6 is 0 Å². The Morgan fingerprint density at radius 1 is 1.09 bits per heavy atom. The summed E-state index contributed by atoms with van der Waals surface area (Å²) in [7, 11) is -0.795. The van der Waals surface area contributed by atoms with Crippen LogP contribution in [0.25, 0.3) is 33.3 Å². The standard InChI is InChI=1S/C31H29F2N5O5S/c1-34-30(39)27-22-14-21(18-5-4-12-38(16-18)31(40)29-35-23-11-10-20(33)13-24(23)36-29)25(37(2)44(3,41)42)15-26(22)43-28(27)17-6-8-19(32)9-7-17/h6-11,13-15,18H,4-5,12,16H2,1-3H3,(H,34,39)(H,35,36). The molecule has 228 valence electrons. The summed E-state index contributed by atoms with van der Waals surface area (Å²) in [6, 6.07) is 12.9. The van der Waals surface area contributed by atoms with Gasteiger partial charge in [-0.1, -0.05) is 0 Å². The van der Waals surface area contributed by atoms with E-state index in [4.69, 9.17) is 4.42 Å². The second-order valence-corrected chi connectivity index (χ2v) is 12.9. The summed E-state index contributed by atoms with van der Waals surface area (Å²) >= 11 is 0. The van der Waals surface area contributed by atoms with E-state index in [0.717, 1.165) is 10.6 Å². The number of carbonyl (C=O) groups excluding carboxylic acids is 2. The van der Waals surface area contributed by atoms with Gasteiger partial charge in [-0.15, -0.1) is 0 Å². The quantitative estimate of drug-likeness (QED) is 0.274. The van der Waals surface area contributed by atoms with Crippen molar-refractivity contribution in [3.8, 4) is 11.3 Å². The Morgan fingerprint density at radius 2 is 1.82 bits per heavy atom. The first-order valence-electron chi connectivity index (χ1n) is 13.9. The number of hydrogen-bond donors (Lipinski definition) is 2. The van der Waals surface area contributed by atoms with Crippen LogP contribution in [0.4, 0.5) is 14.5 Å². The van der Waals surface area contributed by atoms with Crippen molar-refractivity contribution in [2.24, 2.45) is 0 Å². The van der Waals surface area contributed by atoms with Gasteiger partial charge in [0.1, 0.15) is 23.0 Å². The van der Waals surface area contributed by atoms with E-state index in [1.165, 1.54) is 56.6 Å². The second-order valence-electron chi connectivity index (χ2n) is 10.9. The highest BCUT2D eigenvalue weighted by Gasteiger charge is 2.32. The van der Waals surface area contributed by atoms with E-state index >= 15 is 0 Å². The number of aromatic amines is 1. The zero-order valence-electron chi connectivity index (χ0n) is 24.1. The summed E-state index contributed by atoms with van der Waals surface area (Å²) in [5, 5.41) is 3.08. The number of carbonyl (C=O) groups is 2. The third-order valence-corrected chi connectivity index (χ3v) is 9.22. The minimum atomic E-state index is -3.71. The number of amides is 2. The van der Waals surface area contributed by atoms with Gasteiger partial charge in [0.2, 0.25) is 10.0 Å². The fourth-order valence-corrected chi connectivity index (χ4v) is 6.25. The zero-order valence-corrected chi connectivity index (χ0v) is 25.0. The van der Waals surface area contributed by atoms with Gasteiger partial charge in [-0.25, -0.2) is 22.2 Å². The Labute approximate surface area is 251 Å². The van der Waals surface area contributed by atoms with Gasteiger partial charge in [-0.05, 0) is 66.9 Å². The summed E-state index contributed by atoms with van der Waals surface area (Å²) in [5.41, 5.74) is 2.80. The van der Waals surface area contributed by atoms with Crippen molar-refractivity contribution in [1.82, 2.24) is 20.2 Å². The molecule has 0 aliphatic carbocycles. The first-order chi connectivity index (χ1) is 20.9. The van der Waals surface area contributed by atoms with E-state index in [1.807, 2.05) is 0 Å². The lowest BCUT2D eigenvalue weighted by molar-refractivity contribution is 0.0696. The van der Waals surface area contributed by atoms with Crippen LogP contribution in [-0.2, 0) is 10.0 Å². The normalized spacial score (nSPS) is 15.6. The molecule has 3 aromatic carbocycles. The highest BCUT2D eigenvalue weighted by molar-refractivity contribution is 7.92. The lowest BCUT2D eigenvalue weighted by atomic mass is 9.88. The number of nitrogens with one attached hydrogen (secondary N) is 2. The summed E-state index contributed by atoms with van der Waals surface area (Å²) in [4.78, 5) is 35.6. The van der Waals surface area contributed by atoms with Gasteiger partial charge in [0, 0.05) is 50.1 Å². The number of imidazole rings is 1. The number of anilines is 1. The highest BCUT2D eigenvalue weighted by Crippen LogP contribution is 2.42. The number of H-pyrrole nitrogens is 1. The summed E-state index contributed by atoms with van der Waals surface area (Å²) in [5.74, 6) is -1.70. The third-order valence-electron chi connectivity index (χ3n) is 8.03. The zero-order chi connectivity index (χ0) is 31.3. The minimum absolute atomic E-state index is 0.0795. The van der Waals surface area contributed by atoms with E-state index in [9.17, 15) is 26.8 Å². The maximum atomic E-state index is 13.7. The van der Waals surface area contributed by atoms with Crippen molar-refractivity contribution < 1.29 is 31.2 Å². The van der Waals surface area contributed by atoms with Crippen molar-refractivity contribution in [3.05, 3.63) is 83.2 Å². The smallest absolute Gasteiger partial charge is 0.289 e. The molecule has 1 fully saturated rings. The Hall–Kier alpha value is -4.78. The average Bonchev–Trinajstić information content (AvgIpc) is 3.60. The molecule has 2 N–H and O–H groups in total. The Balaban J connectivity index is 1.45. The molecule has 5 aromatic rings. The first-order valence-corrected chi connectivity index (χ1v) is 15.8. The van der Waals surface area contributed by atoms with E-state index in [1.54, 1.807) is 17.0 Å². The fourth-order valence-electron chi connectivity index (χ4n) is 5.73. The van der Waals surface area contributed by atoms with Gasteiger partial charge in [0.05, 0.1) is 28.5 Å². The third kappa shape index (κ3) is 5.27. The van der Waals surface area contributed by atoms with E-state index in [-0.39, 0.29) is 41.1 Å². The number of hydrogen-bond acceptors (Lipinski definition) is 6. The number of aromatic nitrogens is 2. The second kappa shape index (κ2) is 11.1. The molecular weight excluding hydrogens is 592 g/mol. The summed E-state index contributed by atoms with van der Waals surface area (Å²) in [6.07, 6.45) is 2.35. The van der Waals surface area contributed by atoms with Crippen molar-refractivity contribution >= 4 is 49.5 Å². The van der Waals surface area contributed by atoms with Crippen molar-refractivity contribution in [3.63, 3.8) is 0 Å². The Morgan fingerprint density at radius 3 is 2.52 bits per heavy atom. The largest absolute Gasteiger partial charge is 0.455 e. The molecule has 1 aliphatic rings. The Bertz CT molecular complexity index is 2040. The predicted octanol–water partition coefficient (Wildman–Crippen LogP) is 5.03. The number of piperidine rings is 1. The summed E-state index contributed by atoms with van der Waals surface area (Å²) < 4.78 is 60.2. The van der Waals surface area contributed by atoms with Crippen LogP contribution in [-0.4, -0.2) is 68.5 Å². The molecule has 2 amide bonds. The molecule has 1 unspecified atom stereocenters. The molecule has 1 atom stereocenters. The molecular formula is C31H29F2N5O5S. The maximum absolute atomic E-state index is 13.7. The molecule has 44 heavy (non-hydrogen) atoms. The molecule has 13 heteroatoms. The molecule has 3 heterocycles. The molecule has 2 aromatic heterocycles. The minimum Gasteiger partial charge on any atom is -0.455 e. The summed E-state index contributed by atoms with van der Waals surface area (Å²) in [6.45, 7) is 0.697. The molecule has 6 rings (SSSR count). The SMILES string of the molecule is CNC(=O)c1c(-c2ccc(F)cc2)oc2cc(N(C)S(C)(=O)=O)c(C3CCCN(C(=O)c4nc5ccc(F)cc5[nH]4)C3)cc12. The van der Waals surface area contributed by atoms with Crippen LogP contribution in [0.15, 0.2) is 59.0 Å². The maximum Gasteiger partial charge on any atom is 0.289 e. The van der Waals surface area contributed by atoms with Crippen LogP contribution in [0.5, 0.6) is 0 Å². The number of fused-ring (bicyclic) bond motifs is 2. The van der Waals surface area contributed by atoms with Gasteiger partial charge in [-0.2, -0.15) is 0 Å². The Kier molecular flexibility index (Phi) is 7.36. The monoisotopic (exact) mass is 621 g/mol. The molecule has 10 nitrogen and oxygen atoms in total. The van der Waals surface area contributed by atoms with Crippen LogP contribution in [0.3, 0.4) is 0 Å². The van der Waals surface area contributed by atoms with Crippen molar-refractivity contribution in [2.75, 3.05) is 37.7 Å². The van der Waals surface area contributed by atoms with Gasteiger partial charge in [-0.3, -0.25) is 13.9 Å². The lowest BCUT2D eigenvalue weighted by Crippen LogP contribution is -2.40. The van der Waals surface area contributed by atoms with Gasteiger partial charge < -0.3 is 19.6 Å². The highest BCUT2D eigenvalue weighted by atomic mass is 32.2. The predicted molar refractivity (Wildman–Crippen MR) is 162 cm³/mol. The first kappa shape index (κ1) is 29.3. The number of nitrogens with zero attached hydrogens (tertiary/aromatic N) is 3. The number of rotatable bonds is 6. The molecule has 0 spiro atoms. The van der Waals surface area contributed by atoms with Gasteiger partial charge >= 0.3 is 0 Å². The molecule has 1 saturated heterocycles. The van der Waals surface area contributed by atoms with Crippen LogP contribution < -0.4 is 9.62 Å². The topological polar surface area (TPSA) is 129 Å². The molecule has 0 saturated carbocycles. The number of likely N-dealkylation sites (tertiary alicyclic amines) is 1. The molecule has 0 bridgehead atoms. The number of furan rings is 1. The fraction of sp³-hybridized carbons (Fsp3) is 0.258. The molecule has 0 radical (unpaired) electrons. The number of halogens is 2. The van der Waals surface area contributed by atoms with E-state index in [0.29, 0.717) is 52.6 Å². The van der Waals surface area contributed by atoms with Crippen molar-refractivity contribution in [1.29, 1.82) is 0 Å². The average molecular weight is 622 g/mol. The number of benzene rings is 3. The van der Waals surface area contributed by atoms with Gasteiger partial charge in [0.25, 0.3) is 11.8 Å².